The van der Waals surface area contributed by atoms with Crippen molar-refractivity contribution in [2.45, 2.75) is 78.8 Å². The predicted octanol–water partition coefficient (Wildman–Crippen LogP) is 19.5. The molecule has 0 fully saturated rings. The maximum atomic E-state index is 6.90. The summed E-state index contributed by atoms with van der Waals surface area (Å²) in [6.07, 6.45) is 0. The fourth-order valence-corrected chi connectivity index (χ4v) is 12.8. The zero-order valence-electron chi connectivity index (χ0n) is 44.1. The Morgan fingerprint density at radius 3 is 1.07 bits per heavy atom. The SMILES string of the molecule is CC(C)c1ccc(N(c2ccc([Si](C)(C)C)cc2)c2ccc3cc4c(cc3c2)oc2cc3cc(N(c5ccc([Si](C)(C)C)cc5)c5ccc(C(C)C)cc5-c5ccccc5)ccc3cc24)c(-c2ccccc2)c1. The summed E-state index contributed by atoms with van der Waals surface area (Å²) in [5.41, 5.74) is 16.0. The van der Waals surface area contributed by atoms with Gasteiger partial charge in [0.05, 0.1) is 27.5 Å². The van der Waals surface area contributed by atoms with Crippen LogP contribution in [0.25, 0.3) is 65.7 Å². The highest BCUT2D eigenvalue weighted by molar-refractivity contribution is 6.89. The Hall–Kier alpha value is -7.45. The molecule has 0 saturated heterocycles. The molecule has 0 spiro atoms. The maximum Gasteiger partial charge on any atom is 0.136 e. The number of hydrogen-bond donors (Lipinski definition) is 0. The number of hydrogen-bond acceptors (Lipinski definition) is 3. The quantitative estimate of drug-likeness (QED) is 0.114. The Morgan fingerprint density at radius 2 is 0.712 bits per heavy atom. The molecule has 73 heavy (non-hydrogen) atoms. The molecule has 0 bridgehead atoms. The number of fused-ring (bicyclic) bond motifs is 5. The smallest absolute Gasteiger partial charge is 0.136 e. The van der Waals surface area contributed by atoms with E-state index in [4.69, 9.17) is 4.42 Å². The van der Waals surface area contributed by atoms with Crippen molar-refractivity contribution in [1.29, 1.82) is 0 Å². The van der Waals surface area contributed by atoms with E-state index in [0.717, 1.165) is 66.8 Å². The van der Waals surface area contributed by atoms with Gasteiger partial charge in [0, 0.05) is 44.6 Å². The predicted molar refractivity (Wildman–Crippen MR) is 323 cm³/mol. The fourth-order valence-electron chi connectivity index (χ4n) is 10.5. The van der Waals surface area contributed by atoms with Gasteiger partial charge in [-0.1, -0.05) is 187 Å². The van der Waals surface area contributed by atoms with Crippen LogP contribution in [-0.4, -0.2) is 16.1 Å². The van der Waals surface area contributed by atoms with Crippen molar-refractivity contribution in [2.75, 3.05) is 9.80 Å². The van der Waals surface area contributed by atoms with Crippen LogP contribution in [0.15, 0.2) is 211 Å². The Kier molecular flexibility index (Phi) is 12.4. The van der Waals surface area contributed by atoms with Crippen molar-refractivity contribution in [3.05, 3.63) is 217 Å². The molecule has 5 heteroatoms. The molecule has 11 rings (SSSR count). The maximum absolute atomic E-state index is 6.90. The summed E-state index contributed by atoms with van der Waals surface area (Å²) in [6.45, 7) is 23.6. The first kappa shape index (κ1) is 47.9. The van der Waals surface area contributed by atoms with Crippen molar-refractivity contribution in [2.24, 2.45) is 0 Å². The van der Waals surface area contributed by atoms with E-state index in [1.807, 2.05) is 0 Å². The zero-order valence-corrected chi connectivity index (χ0v) is 46.1. The fraction of sp³-hybridized carbons (Fsp3) is 0.176. The molecule has 0 aliphatic heterocycles. The van der Waals surface area contributed by atoms with E-state index in [9.17, 15) is 0 Å². The van der Waals surface area contributed by atoms with Crippen LogP contribution in [0.5, 0.6) is 0 Å². The second-order valence-electron chi connectivity index (χ2n) is 22.7. The number of furan rings is 1. The highest BCUT2D eigenvalue weighted by atomic mass is 28.3. The molecule has 0 saturated carbocycles. The third-order valence-corrected chi connectivity index (χ3v) is 19.0. The van der Waals surface area contributed by atoms with Gasteiger partial charge in [0.2, 0.25) is 0 Å². The van der Waals surface area contributed by atoms with Gasteiger partial charge in [-0.3, -0.25) is 0 Å². The van der Waals surface area contributed by atoms with Gasteiger partial charge in [-0.15, -0.1) is 0 Å². The summed E-state index contributed by atoms with van der Waals surface area (Å²) < 4.78 is 6.90. The monoisotopic (exact) mass is 982 g/mol. The van der Waals surface area contributed by atoms with Crippen molar-refractivity contribution < 1.29 is 4.42 Å². The third kappa shape index (κ3) is 9.33. The molecule has 362 valence electrons. The minimum absolute atomic E-state index is 0.403. The van der Waals surface area contributed by atoms with Gasteiger partial charge >= 0.3 is 0 Å². The van der Waals surface area contributed by atoms with Crippen molar-refractivity contribution in [3.63, 3.8) is 0 Å². The average molecular weight is 983 g/mol. The Morgan fingerprint density at radius 1 is 0.342 bits per heavy atom. The molecule has 0 N–H and O–H groups in total. The molecule has 1 heterocycles. The molecule has 0 aliphatic carbocycles. The summed E-state index contributed by atoms with van der Waals surface area (Å²) >= 11 is 0. The normalized spacial score (nSPS) is 12.2. The summed E-state index contributed by atoms with van der Waals surface area (Å²) in [6, 6.07) is 77.3. The summed E-state index contributed by atoms with van der Waals surface area (Å²) in [7, 11) is -3.04. The lowest BCUT2D eigenvalue weighted by Gasteiger charge is -2.29. The van der Waals surface area contributed by atoms with Crippen molar-refractivity contribution >= 4 is 104 Å². The minimum Gasteiger partial charge on any atom is -0.456 e. The van der Waals surface area contributed by atoms with Crippen LogP contribution < -0.4 is 20.2 Å². The van der Waals surface area contributed by atoms with E-state index in [-0.39, 0.29) is 0 Å². The molecular formula is C68H66N2OSi2. The Bertz CT molecular complexity index is 3550. The highest BCUT2D eigenvalue weighted by Gasteiger charge is 2.24. The average Bonchev–Trinajstić information content (AvgIpc) is 3.73. The van der Waals surface area contributed by atoms with Gasteiger partial charge in [-0.05, 0) is 153 Å². The minimum atomic E-state index is -1.52. The standard InChI is InChI=1S/C68H66N2OSi2/c1-45(2)49-23-35-65(61(39-49)47-17-13-11-14-18-47)69(55-27-31-59(32-28-55)72(5,6)7)57-25-21-51-41-63-64-42-52-22-26-58(38-54(52)44-68(64)71-67(63)43-53(51)37-57)70(56-29-33-60(34-30-56)73(8,9)10)66-36-24-50(46(3)4)40-62(66)48-19-15-12-16-20-48/h11-46H,1-10H3. The zero-order chi connectivity index (χ0) is 50.8. The highest BCUT2D eigenvalue weighted by Crippen LogP contribution is 2.46. The summed E-state index contributed by atoms with van der Waals surface area (Å²) in [5.74, 6) is 0.806. The first-order chi connectivity index (χ1) is 35.1. The molecule has 10 aromatic carbocycles. The van der Waals surface area contributed by atoms with Crippen LogP contribution in [0, 0.1) is 0 Å². The molecule has 0 aliphatic rings. The van der Waals surface area contributed by atoms with Crippen LogP contribution >= 0.6 is 0 Å². The lowest BCUT2D eigenvalue weighted by molar-refractivity contribution is 0.670. The first-order valence-electron chi connectivity index (χ1n) is 26.1. The molecule has 1 aromatic heterocycles. The van der Waals surface area contributed by atoms with Crippen LogP contribution in [0.2, 0.25) is 39.3 Å². The molecule has 0 unspecified atom stereocenters. The van der Waals surface area contributed by atoms with E-state index < -0.39 is 16.1 Å². The van der Waals surface area contributed by atoms with E-state index in [1.54, 1.807) is 0 Å². The van der Waals surface area contributed by atoms with E-state index in [0.29, 0.717) is 11.8 Å². The van der Waals surface area contributed by atoms with Gasteiger partial charge in [0.15, 0.2) is 0 Å². The van der Waals surface area contributed by atoms with Crippen LogP contribution in [0.1, 0.15) is 50.7 Å². The molecule has 3 nitrogen and oxygen atoms in total. The third-order valence-electron chi connectivity index (χ3n) is 14.9. The summed E-state index contributed by atoms with van der Waals surface area (Å²) in [5, 5.41) is 9.76. The van der Waals surface area contributed by atoms with Crippen LogP contribution in [-0.2, 0) is 0 Å². The Balaban J connectivity index is 1.04. The lowest BCUT2D eigenvalue weighted by Crippen LogP contribution is -2.37. The molecule has 11 aromatic rings. The van der Waals surface area contributed by atoms with Crippen molar-refractivity contribution in [1.82, 2.24) is 0 Å². The van der Waals surface area contributed by atoms with Gasteiger partial charge in [-0.25, -0.2) is 0 Å². The Labute approximate surface area is 434 Å². The van der Waals surface area contributed by atoms with E-state index in [2.05, 4.69) is 283 Å². The van der Waals surface area contributed by atoms with Crippen LogP contribution in [0.4, 0.5) is 34.1 Å². The van der Waals surface area contributed by atoms with Gasteiger partial charge in [0.25, 0.3) is 0 Å². The molecular weight excluding hydrogens is 917 g/mol. The number of anilines is 6. The topological polar surface area (TPSA) is 19.6 Å². The summed E-state index contributed by atoms with van der Waals surface area (Å²) in [4.78, 5) is 4.89. The second-order valence-corrected chi connectivity index (χ2v) is 32.9. The van der Waals surface area contributed by atoms with E-state index in [1.165, 1.54) is 54.5 Å². The number of benzene rings is 10. The number of nitrogens with zero attached hydrogens (tertiary/aromatic N) is 2. The largest absolute Gasteiger partial charge is 0.456 e. The van der Waals surface area contributed by atoms with E-state index >= 15 is 0 Å². The number of rotatable bonds is 12. The van der Waals surface area contributed by atoms with Crippen LogP contribution in [0.3, 0.4) is 0 Å². The second kappa shape index (κ2) is 18.9. The van der Waals surface area contributed by atoms with Gasteiger partial charge in [-0.2, -0.15) is 0 Å². The van der Waals surface area contributed by atoms with Gasteiger partial charge in [0.1, 0.15) is 11.2 Å². The molecule has 0 atom stereocenters. The first-order valence-corrected chi connectivity index (χ1v) is 33.1. The lowest BCUT2D eigenvalue weighted by atomic mass is 9.94. The molecule has 0 amide bonds. The molecule has 0 radical (unpaired) electrons. The van der Waals surface area contributed by atoms with Gasteiger partial charge < -0.3 is 14.2 Å². The van der Waals surface area contributed by atoms with Crippen molar-refractivity contribution in [3.8, 4) is 22.3 Å².